The van der Waals surface area contributed by atoms with Crippen LogP contribution in [0.25, 0.3) is 0 Å². The van der Waals surface area contributed by atoms with E-state index in [0.29, 0.717) is 11.8 Å². The van der Waals surface area contributed by atoms with Gasteiger partial charge in [-0.05, 0) is 37.5 Å². The lowest BCUT2D eigenvalue weighted by molar-refractivity contribution is -0.136. The van der Waals surface area contributed by atoms with Crippen LogP contribution < -0.4 is 5.32 Å². The second-order valence-corrected chi connectivity index (χ2v) is 6.95. The van der Waals surface area contributed by atoms with E-state index < -0.39 is 0 Å². The molecule has 2 amide bonds. The van der Waals surface area contributed by atoms with Gasteiger partial charge in [0, 0.05) is 19.6 Å². The molecule has 0 radical (unpaired) electrons. The number of amides is 2. The number of piperidine rings is 1. The molecule has 2 aliphatic rings. The van der Waals surface area contributed by atoms with Crippen LogP contribution in [0.2, 0.25) is 0 Å². The number of likely N-dealkylation sites (tertiary alicyclic amines) is 1. The topological polar surface area (TPSA) is 49.4 Å². The maximum absolute atomic E-state index is 12.3. The van der Waals surface area contributed by atoms with Gasteiger partial charge in [-0.1, -0.05) is 20.8 Å². The van der Waals surface area contributed by atoms with Gasteiger partial charge in [0.15, 0.2) is 0 Å². The van der Waals surface area contributed by atoms with E-state index in [1.165, 1.54) is 6.42 Å². The highest BCUT2D eigenvalue weighted by molar-refractivity contribution is 5.92. The van der Waals surface area contributed by atoms with Crippen LogP contribution in [0.5, 0.6) is 0 Å². The first-order valence-electron chi connectivity index (χ1n) is 8.05. The van der Waals surface area contributed by atoms with E-state index in [-0.39, 0.29) is 23.7 Å². The Hall–Kier alpha value is -1.06. The largest absolute Gasteiger partial charge is 0.356 e. The van der Waals surface area contributed by atoms with Crippen molar-refractivity contribution in [1.82, 2.24) is 10.2 Å². The van der Waals surface area contributed by atoms with Gasteiger partial charge in [-0.2, -0.15) is 0 Å². The Bertz CT molecular complexity index is 367. The molecule has 1 N–H and O–H groups in total. The van der Waals surface area contributed by atoms with Crippen LogP contribution in [0.4, 0.5) is 0 Å². The molecule has 0 spiro atoms. The minimum Gasteiger partial charge on any atom is -0.356 e. The van der Waals surface area contributed by atoms with Gasteiger partial charge in [-0.25, -0.2) is 0 Å². The van der Waals surface area contributed by atoms with E-state index in [1.54, 1.807) is 0 Å². The van der Waals surface area contributed by atoms with Crippen LogP contribution in [-0.2, 0) is 9.59 Å². The van der Waals surface area contributed by atoms with E-state index in [2.05, 4.69) is 26.1 Å². The predicted molar refractivity (Wildman–Crippen MR) is 79.0 cm³/mol. The second kappa shape index (κ2) is 6.59. The Morgan fingerprint density at radius 2 is 2.05 bits per heavy atom. The van der Waals surface area contributed by atoms with Crippen molar-refractivity contribution >= 4 is 11.8 Å². The van der Waals surface area contributed by atoms with Gasteiger partial charge in [0.25, 0.3) is 0 Å². The molecular formula is C16H28N2O2. The minimum absolute atomic E-state index is 0.0423. The van der Waals surface area contributed by atoms with E-state index >= 15 is 0 Å². The first kappa shape index (κ1) is 15.3. The summed E-state index contributed by atoms with van der Waals surface area (Å²) in [7, 11) is 0. The van der Waals surface area contributed by atoms with Crippen molar-refractivity contribution in [2.45, 2.75) is 46.5 Å². The minimum atomic E-state index is -0.0631. The van der Waals surface area contributed by atoms with Gasteiger partial charge >= 0.3 is 0 Å². The maximum Gasteiger partial charge on any atom is 0.226 e. The average Bonchev–Trinajstić information content (AvgIpc) is 3.17. The monoisotopic (exact) mass is 280 g/mol. The molecule has 4 heteroatoms. The normalized spacial score (nSPS) is 29.4. The summed E-state index contributed by atoms with van der Waals surface area (Å²) in [5.41, 5.74) is 0. The van der Waals surface area contributed by atoms with Crippen LogP contribution in [0.1, 0.15) is 46.5 Å². The zero-order chi connectivity index (χ0) is 14.7. The SMILES string of the molecule is CC(C)CCNC(=O)C1CC1C(=O)N1CCCC(C)C1. The fraction of sp³-hybridized carbons (Fsp3) is 0.875. The average molecular weight is 280 g/mol. The molecule has 2 rings (SSSR count). The summed E-state index contributed by atoms with van der Waals surface area (Å²) in [4.78, 5) is 26.3. The Balaban J connectivity index is 1.73. The second-order valence-electron chi connectivity index (χ2n) is 6.95. The molecule has 3 unspecified atom stereocenters. The molecule has 1 saturated carbocycles. The van der Waals surface area contributed by atoms with Crippen LogP contribution in [0.3, 0.4) is 0 Å². The van der Waals surface area contributed by atoms with Gasteiger partial charge in [0.05, 0.1) is 11.8 Å². The van der Waals surface area contributed by atoms with Crippen LogP contribution in [0.15, 0.2) is 0 Å². The van der Waals surface area contributed by atoms with E-state index in [9.17, 15) is 9.59 Å². The van der Waals surface area contributed by atoms with Crippen LogP contribution >= 0.6 is 0 Å². The summed E-state index contributed by atoms with van der Waals surface area (Å²) in [6, 6.07) is 0. The zero-order valence-electron chi connectivity index (χ0n) is 13.0. The van der Waals surface area contributed by atoms with Gasteiger partial charge < -0.3 is 10.2 Å². The van der Waals surface area contributed by atoms with Crippen molar-refractivity contribution in [2.24, 2.45) is 23.7 Å². The molecule has 0 aromatic rings. The molecule has 0 aromatic carbocycles. The number of nitrogens with zero attached hydrogens (tertiary/aromatic N) is 1. The molecule has 3 atom stereocenters. The molecule has 1 heterocycles. The summed E-state index contributed by atoms with van der Waals surface area (Å²) in [6.07, 6.45) is 4.07. The Morgan fingerprint density at radius 3 is 2.70 bits per heavy atom. The molecule has 1 aliphatic heterocycles. The van der Waals surface area contributed by atoms with Crippen molar-refractivity contribution in [3.63, 3.8) is 0 Å². The molecular weight excluding hydrogens is 252 g/mol. The summed E-state index contributed by atoms with van der Waals surface area (Å²) in [5.74, 6) is 1.38. The standard InChI is InChI=1S/C16H28N2O2/c1-11(2)6-7-17-15(19)13-9-14(13)16(20)18-8-4-5-12(3)10-18/h11-14H,4-10H2,1-3H3,(H,17,19). The quantitative estimate of drug-likeness (QED) is 0.838. The smallest absolute Gasteiger partial charge is 0.226 e. The highest BCUT2D eigenvalue weighted by Crippen LogP contribution is 2.40. The molecule has 0 aromatic heterocycles. The summed E-state index contributed by atoms with van der Waals surface area (Å²) < 4.78 is 0. The first-order chi connectivity index (χ1) is 9.49. The lowest BCUT2D eigenvalue weighted by Gasteiger charge is -2.31. The predicted octanol–water partition coefficient (Wildman–Crippen LogP) is 2.04. The van der Waals surface area contributed by atoms with Gasteiger partial charge in [0.2, 0.25) is 11.8 Å². The van der Waals surface area contributed by atoms with Crippen molar-refractivity contribution < 1.29 is 9.59 Å². The molecule has 4 nitrogen and oxygen atoms in total. The van der Waals surface area contributed by atoms with Gasteiger partial charge in [0.1, 0.15) is 0 Å². The maximum atomic E-state index is 12.3. The Kier molecular flexibility index (Phi) is 5.06. The third-order valence-corrected chi connectivity index (χ3v) is 4.43. The number of carbonyl (C=O) groups excluding carboxylic acids is 2. The zero-order valence-corrected chi connectivity index (χ0v) is 13.0. The lowest BCUT2D eigenvalue weighted by atomic mass is 10.00. The number of carbonyl (C=O) groups is 2. The van der Waals surface area contributed by atoms with Gasteiger partial charge in [-0.15, -0.1) is 0 Å². The third-order valence-electron chi connectivity index (χ3n) is 4.43. The summed E-state index contributed by atoms with van der Waals surface area (Å²) in [5, 5.41) is 2.96. The van der Waals surface area contributed by atoms with Crippen molar-refractivity contribution in [3.8, 4) is 0 Å². The van der Waals surface area contributed by atoms with Crippen molar-refractivity contribution in [3.05, 3.63) is 0 Å². The molecule has 1 aliphatic carbocycles. The van der Waals surface area contributed by atoms with E-state index in [0.717, 1.165) is 38.9 Å². The lowest BCUT2D eigenvalue weighted by Crippen LogP contribution is -2.40. The number of hydrogen-bond donors (Lipinski definition) is 1. The van der Waals surface area contributed by atoms with Gasteiger partial charge in [-0.3, -0.25) is 9.59 Å². The first-order valence-corrected chi connectivity index (χ1v) is 8.05. The molecule has 2 fully saturated rings. The molecule has 114 valence electrons. The summed E-state index contributed by atoms with van der Waals surface area (Å²) in [6.45, 7) is 8.97. The highest BCUT2D eigenvalue weighted by atomic mass is 16.2. The number of hydrogen-bond acceptors (Lipinski definition) is 2. The van der Waals surface area contributed by atoms with Crippen LogP contribution in [0, 0.1) is 23.7 Å². The molecule has 1 saturated heterocycles. The highest BCUT2D eigenvalue weighted by Gasteiger charge is 2.49. The Labute approximate surface area is 122 Å². The molecule has 20 heavy (non-hydrogen) atoms. The van der Waals surface area contributed by atoms with Crippen molar-refractivity contribution in [1.29, 1.82) is 0 Å². The molecule has 0 bridgehead atoms. The van der Waals surface area contributed by atoms with E-state index in [1.807, 2.05) is 4.90 Å². The summed E-state index contributed by atoms with van der Waals surface area (Å²) >= 11 is 0. The number of nitrogens with one attached hydrogen (secondary N) is 1. The fourth-order valence-corrected chi connectivity index (χ4v) is 3.00. The number of rotatable bonds is 5. The van der Waals surface area contributed by atoms with Crippen LogP contribution in [-0.4, -0.2) is 36.3 Å². The third kappa shape index (κ3) is 3.97. The fourth-order valence-electron chi connectivity index (χ4n) is 3.00. The van der Waals surface area contributed by atoms with Crippen molar-refractivity contribution in [2.75, 3.05) is 19.6 Å². The Morgan fingerprint density at radius 1 is 1.30 bits per heavy atom. The van der Waals surface area contributed by atoms with E-state index in [4.69, 9.17) is 0 Å².